The standard InChI is InChI=1S/C32H20N4O5/c33-31(39)29(37)25-17-5-1-3-7-21(17)35-27(25)15-9-11-23-19(13-15)20-14-16(10-12-24(20)41-23)28-26(30(38)32(34)40)18-6-2-4-8-22(18)36-28/h1-14,35-36H,(H2,33,39)(H2,34,40). The number of amides is 2. The van der Waals surface area contributed by atoms with E-state index in [1.165, 1.54) is 0 Å². The highest BCUT2D eigenvalue weighted by Gasteiger charge is 2.25. The number of benzene rings is 4. The smallest absolute Gasteiger partial charge is 0.289 e. The number of nitrogens with two attached hydrogens (primary N) is 2. The molecule has 0 atom stereocenters. The first-order chi connectivity index (χ1) is 19.8. The Morgan fingerprint density at radius 1 is 0.537 bits per heavy atom. The van der Waals surface area contributed by atoms with Crippen molar-refractivity contribution in [1.29, 1.82) is 0 Å². The minimum absolute atomic E-state index is 0.202. The number of aromatic amines is 2. The van der Waals surface area contributed by atoms with E-state index in [1.807, 2.05) is 36.4 Å². The van der Waals surface area contributed by atoms with Gasteiger partial charge in [0.15, 0.2) is 0 Å². The Kier molecular flexibility index (Phi) is 5.16. The Morgan fingerprint density at radius 2 is 0.951 bits per heavy atom. The van der Waals surface area contributed by atoms with Gasteiger partial charge in [0.05, 0.1) is 22.5 Å². The lowest BCUT2D eigenvalue weighted by molar-refractivity contribution is -0.114. The van der Waals surface area contributed by atoms with Gasteiger partial charge < -0.3 is 25.9 Å². The summed E-state index contributed by atoms with van der Waals surface area (Å²) in [4.78, 5) is 56.1. The molecule has 7 aromatic rings. The molecule has 6 N–H and O–H groups in total. The second kappa shape index (κ2) is 8.78. The normalized spacial score (nSPS) is 11.5. The molecule has 198 valence electrons. The molecule has 0 aliphatic carbocycles. The molecule has 0 spiro atoms. The fourth-order valence-electron chi connectivity index (χ4n) is 5.52. The molecule has 0 saturated carbocycles. The van der Waals surface area contributed by atoms with E-state index in [2.05, 4.69) is 9.97 Å². The van der Waals surface area contributed by atoms with Crippen molar-refractivity contribution in [3.63, 3.8) is 0 Å². The predicted molar refractivity (Wildman–Crippen MR) is 155 cm³/mol. The van der Waals surface area contributed by atoms with Crippen LogP contribution in [0.3, 0.4) is 0 Å². The van der Waals surface area contributed by atoms with Crippen LogP contribution in [-0.2, 0) is 9.59 Å². The molecule has 0 aliphatic heterocycles. The van der Waals surface area contributed by atoms with Crippen molar-refractivity contribution in [2.24, 2.45) is 11.5 Å². The summed E-state index contributed by atoms with van der Waals surface area (Å²) in [5.41, 5.74) is 16.0. The van der Waals surface area contributed by atoms with Gasteiger partial charge in [-0.2, -0.15) is 0 Å². The maximum Gasteiger partial charge on any atom is 0.289 e. The average Bonchev–Trinajstić information content (AvgIpc) is 3.66. The van der Waals surface area contributed by atoms with E-state index in [1.54, 1.807) is 48.5 Å². The zero-order valence-corrected chi connectivity index (χ0v) is 21.3. The number of hydrogen-bond acceptors (Lipinski definition) is 5. The molecule has 0 bridgehead atoms. The summed E-state index contributed by atoms with van der Waals surface area (Å²) in [6.07, 6.45) is 0. The van der Waals surface area contributed by atoms with Gasteiger partial charge in [-0.15, -0.1) is 0 Å². The lowest BCUT2D eigenvalue weighted by Gasteiger charge is -2.04. The van der Waals surface area contributed by atoms with E-state index in [0.29, 0.717) is 55.5 Å². The molecule has 3 aromatic heterocycles. The third kappa shape index (κ3) is 3.64. The van der Waals surface area contributed by atoms with Crippen molar-refractivity contribution in [2.75, 3.05) is 0 Å². The van der Waals surface area contributed by atoms with E-state index in [4.69, 9.17) is 15.9 Å². The first-order valence-electron chi connectivity index (χ1n) is 12.7. The second-order valence-corrected chi connectivity index (χ2v) is 9.75. The molecule has 0 aliphatic rings. The largest absolute Gasteiger partial charge is 0.456 e. The molecule has 3 heterocycles. The van der Waals surface area contributed by atoms with E-state index in [9.17, 15) is 19.2 Å². The van der Waals surface area contributed by atoms with Gasteiger partial charge in [0.25, 0.3) is 23.4 Å². The molecule has 4 aromatic carbocycles. The van der Waals surface area contributed by atoms with E-state index < -0.39 is 23.4 Å². The molecule has 41 heavy (non-hydrogen) atoms. The zero-order valence-electron chi connectivity index (χ0n) is 21.3. The van der Waals surface area contributed by atoms with Crippen LogP contribution in [0.4, 0.5) is 0 Å². The summed E-state index contributed by atoms with van der Waals surface area (Å²) in [5, 5.41) is 2.68. The summed E-state index contributed by atoms with van der Waals surface area (Å²) in [6, 6.07) is 25.3. The summed E-state index contributed by atoms with van der Waals surface area (Å²) < 4.78 is 6.08. The van der Waals surface area contributed by atoms with Crippen molar-refractivity contribution in [2.45, 2.75) is 0 Å². The maximum atomic E-state index is 12.9. The topological polar surface area (TPSA) is 165 Å². The van der Waals surface area contributed by atoms with Crippen LogP contribution in [0.5, 0.6) is 0 Å². The first-order valence-corrected chi connectivity index (χ1v) is 12.7. The summed E-state index contributed by atoms with van der Waals surface area (Å²) >= 11 is 0. The van der Waals surface area contributed by atoms with Crippen LogP contribution in [0.15, 0.2) is 89.3 Å². The summed E-state index contributed by atoms with van der Waals surface area (Å²) in [5.74, 6) is -3.67. The van der Waals surface area contributed by atoms with Gasteiger partial charge in [-0.25, -0.2) is 0 Å². The van der Waals surface area contributed by atoms with Gasteiger partial charge in [0.1, 0.15) is 11.2 Å². The molecular weight excluding hydrogens is 520 g/mol. The molecule has 0 saturated heterocycles. The molecule has 0 unspecified atom stereocenters. The molecule has 0 fully saturated rings. The second-order valence-electron chi connectivity index (χ2n) is 9.75. The first kappa shape index (κ1) is 24.1. The fourth-order valence-corrected chi connectivity index (χ4v) is 5.52. The predicted octanol–water partition coefficient (Wildman–Crippen LogP) is 5.22. The maximum absolute atomic E-state index is 12.9. The van der Waals surface area contributed by atoms with E-state index in [-0.39, 0.29) is 11.1 Å². The Morgan fingerprint density at radius 3 is 1.37 bits per heavy atom. The molecule has 2 amide bonds. The number of ketones is 2. The number of aromatic nitrogens is 2. The highest BCUT2D eigenvalue weighted by molar-refractivity contribution is 6.46. The van der Waals surface area contributed by atoms with Crippen molar-refractivity contribution in [1.82, 2.24) is 9.97 Å². The molecular formula is C32H20N4O5. The lowest BCUT2D eigenvalue weighted by Crippen LogP contribution is -2.23. The Hall–Kier alpha value is -5.96. The van der Waals surface area contributed by atoms with Gasteiger partial charge in [0, 0.05) is 32.6 Å². The number of carbonyl (C=O) groups excluding carboxylic acids is 4. The third-order valence-corrected chi connectivity index (χ3v) is 7.36. The van der Waals surface area contributed by atoms with Crippen molar-refractivity contribution in [3.05, 3.63) is 96.1 Å². The van der Waals surface area contributed by atoms with Crippen molar-refractivity contribution >= 4 is 67.1 Å². The van der Waals surface area contributed by atoms with Crippen molar-refractivity contribution in [3.8, 4) is 22.5 Å². The average molecular weight is 541 g/mol. The monoisotopic (exact) mass is 540 g/mol. The van der Waals surface area contributed by atoms with Gasteiger partial charge in [-0.3, -0.25) is 19.2 Å². The van der Waals surface area contributed by atoms with Gasteiger partial charge in [-0.1, -0.05) is 36.4 Å². The fraction of sp³-hybridized carbons (Fsp3) is 0. The van der Waals surface area contributed by atoms with Crippen LogP contribution in [0.1, 0.15) is 20.7 Å². The number of para-hydroxylation sites is 2. The van der Waals surface area contributed by atoms with Crippen LogP contribution < -0.4 is 11.5 Å². The van der Waals surface area contributed by atoms with E-state index in [0.717, 1.165) is 10.8 Å². The number of fused-ring (bicyclic) bond motifs is 5. The lowest BCUT2D eigenvalue weighted by atomic mass is 9.98. The van der Waals surface area contributed by atoms with E-state index >= 15 is 0 Å². The number of carbonyl (C=O) groups is 4. The van der Waals surface area contributed by atoms with Gasteiger partial charge in [0.2, 0.25) is 0 Å². The number of primary amides is 2. The number of hydrogen-bond donors (Lipinski definition) is 4. The van der Waals surface area contributed by atoms with Gasteiger partial charge in [-0.05, 0) is 59.7 Å². The van der Waals surface area contributed by atoms with Crippen LogP contribution in [0.25, 0.3) is 66.3 Å². The Labute approximate surface area is 230 Å². The highest BCUT2D eigenvalue weighted by Crippen LogP contribution is 2.38. The van der Waals surface area contributed by atoms with Crippen LogP contribution in [-0.4, -0.2) is 33.3 Å². The number of rotatable bonds is 6. The van der Waals surface area contributed by atoms with Crippen LogP contribution >= 0.6 is 0 Å². The number of furan rings is 1. The minimum Gasteiger partial charge on any atom is -0.456 e. The van der Waals surface area contributed by atoms with Crippen LogP contribution in [0.2, 0.25) is 0 Å². The highest BCUT2D eigenvalue weighted by atomic mass is 16.3. The number of nitrogens with one attached hydrogen (secondary N) is 2. The summed E-state index contributed by atoms with van der Waals surface area (Å²) in [6.45, 7) is 0. The number of H-pyrrole nitrogens is 2. The minimum atomic E-state index is -1.05. The van der Waals surface area contributed by atoms with Crippen molar-refractivity contribution < 1.29 is 23.6 Å². The Bertz CT molecular complexity index is 2110. The SMILES string of the molecule is NC(=O)C(=O)c1c(-c2ccc3oc4ccc(-c5[nH]c6ccccc6c5C(=O)C(N)=O)cc4c3c2)[nH]c2ccccc12. The van der Waals surface area contributed by atoms with Crippen LogP contribution in [0, 0.1) is 0 Å². The Balaban J connectivity index is 1.45. The van der Waals surface area contributed by atoms with Gasteiger partial charge >= 0.3 is 0 Å². The zero-order chi connectivity index (χ0) is 28.4. The summed E-state index contributed by atoms with van der Waals surface area (Å²) in [7, 11) is 0. The molecule has 0 radical (unpaired) electrons. The molecule has 9 nitrogen and oxygen atoms in total. The quantitative estimate of drug-likeness (QED) is 0.167. The molecule has 7 rings (SSSR count). The third-order valence-electron chi connectivity index (χ3n) is 7.36. The number of Topliss-reactive ketones (excluding diaryl/α,β-unsaturated/α-hetero) is 2. The molecule has 9 heteroatoms.